The van der Waals surface area contributed by atoms with E-state index in [1.807, 2.05) is 24.3 Å². The standard InChI is InChI=1S/C11H13BrClNO2/c1-14(7-11(15)16)6-10(13)8-2-4-9(12)5-3-8/h2-5,10H,6-7H2,1H3,(H,15,16). The Morgan fingerprint density at radius 3 is 2.56 bits per heavy atom. The van der Waals surface area contributed by atoms with Gasteiger partial charge in [0.15, 0.2) is 0 Å². The van der Waals surface area contributed by atoms with Crippen LogP contribution in [0, 0.1) is 0 Å². The van der Waals surface area contributed by atoms with Crippen molar-refractivity contribution < 1.29 is 9.90 Å². The number of benzene rings is 1. The van der Waals surface area contributed by atoms with Gasteiger partial charge in [0.25, 0.3) is 0 Å². The van der Waals surface area contributed by atoms with Crippen LogP contribution in [0.1, 0.15) is 10.9 Å². The molecule has 16 heavy (non-hydrogen) atoms. The average Bonchev–Trinajstić information content (AvgIpc) is 2.16. The Balaban J connectivity index is 2.54. The van der Waals surface area contributed by atoms with Gasteiger partial charge in [-0.1, -0.05) is 28.1 Å². The number of carboxylic acid groups (broad SMARTS) is 1. The van der Waals surface area contributed by atoms with E-state index in [2.05, 4.69) is 15.9 Å². The first-order valence-corrected chi connectivity index (χ1v) is 6.02. The SMILES string of the molecule is CN(CC(=O)O)CC(Cl)c1ccc(Br)cc1. The molecule has 0 heterocycles. The monoisotopic (exact) mass is 305 g/mol. The van der Waals surface area contributed by atoms with E-state index in [4.69, 9.17) is 16.7 Å². The normalized spacial score (nSPS) is 12.8. The molecule has 0 radical (unpaired) electrons. The highest BCUT2D eigenvalue weighted by Gasteiger charge is 2.12. The number of aliphatic carboxylic acids is 1. The third-order valence-electron chi connectivity index (χ3n) is 2.11. The molecule has 3 nitrogen and oxygen atoms in total. The summed E-state index contributed by atoms with van der Waals surface area (Å²) in [5.41, 5.74) is 0.988. The van der Waals surface area contributed by atoms with E-state index in [0.717, 1.165) is 10.0 Å². The maximum Gasteiger partial charge on any atom is 0.317 e. The molecule has 1 aromatic rings. The fraction of sp³-hybridized carbons (Fsp3) is 0.364. The number of hydrogen-bond donors (Lipinski definition) is 1. The Bertz CT molecular complexity index is 356. The summed E-state index contributed by atoms with van der Waals surface area (Å²) in [6.07, 6.45) is 0. The average molecular weight is 307 g/mol. The fourth-order valence-electron chi connectivity index (χ4n) is 1.35. The zero-order valence-electron chi connectivity index (χ0n) is 8.86. The molecule has 1 N–H and O–H groups in total. The van der Waals surface area contributed by atoms with E-state index >= 15 is 0 Å². The second-order valence-electron chi connectivity index (χ2n) is 3.61. The molecule has 0 aliphatic carbocycles. The molecule has 0 amide bonds. The van der Waals surface area contributed by atoms with Crippen LogP contribution in [0.5, 0.6) is 0 Å². The van der Waals surface area contributed by atoms with Crippen molar-refractivity contribution in [1.82, 2.24) is 4.90 Å². The molecule has 0 fully saturated rings. The van der Waals surface area contributed by atoms with Crippen LogP contribution in [-0.2, 0) is 4.79 Å². The molecule has 1 unspecified atom stereocenters. The van der Waals surface area contributed by atoms with Crippen molar-refractivity contribution in [3.05, 3.63) is 34.3 Å². The Labute approximate surface area is 108 Å². The Hall–Kier alpha value is -0.580. The molecular weight excluding hydrogens is 293 g/mol. The molecule has 0 saturated heterocycles. The van der Waals surface area contributed by atoms with E-state index in [1.54, 1.807) is 11.9 Å². The summed E-state index contributed by atoms with van der Waals surface area (Å²) >= 11 is 9.53. The molecule has 1 aromatic carbocycles. The summed E-state index contributed by atoms with van der Waals surface area (Å²) in [5.74, 6) is -0.845. The van der Waals surface area contributed by atoms with E-state index in [9.17, 15) is 4.79 Å². The fourth-order valence-corrected chi connectivity index (χ4v) is 1.99. The maximum absolute atomic E-state index is 10.5. The van der Waals surface area contributed by atoms with Gasteiger partial charge in [-0.15, -0.1) is 11.6 Å². The minimum Gasteiger partial charge on any atom is -0.480 e. The first-order valence-electron chi connectivity index (χ1n) is 4.79. The molecule has 1 rings (SSSR count). The second kappa shape index (κ2) is 6.23. The van der Waals surface area contributed by atoms with Crippen molar-refractivity contribution in [2.75, 3.05) is 20.1 Å². The molecule has 88 valence electrons. The van der Waals surface area contributed by atoms with Crippen LogP contribution in [0.3, 0.4) is 0 Å². The summed E-state index contributed by atoms with van der Waals surface area (Å²) in [6.45, 7) is 0.509. The number of carboxylic acids is 1. The lowest BCUT2D eigenvalue weighted by atomic mass is 10.1. The highest BCUT2D eigenvalue weighted by atomic mass is 79.9. The maximum atomic E-state index is 10.5. The summed E-state index contributed by atoms with van der Waals surface area (Å²) in [4.78, 5) is 12.2. The molecule has 0 aliphatic heterocycles. The van der Waals surface area contributed by atoms with E-state index in [1.165, 1.54) is 0 Å². The minimum atomic E-state index is -0.845. The summed E-state index contributed by atoms with van der Waals surface area (Å²) in [6, 6.07) is 7.69. The largest absolute Gasteiger partial charge is 0.480 e. The van der Waals surface area contributed by atoms with Gasteiger partial charge in [-0.2, -0.15) is 0 Å². The summed E-state index contributed by atoms with van der Waals surface area (Å²) in [7, 11) is 1.74. The van der Waals surface area contributed by atoms with Gasteiger partial charge in [0.1, 0.15) is 0 Å². The Kier molecular flexibility index (Phi) is 5.25. The molecular formula is C11H13BrClNO2. The highest BCUT2D eigenvalue weighted by Crippen LogP contribution is 2.22. The van der Waals surface area contributed by atoms with Gasteiger partial charge >= 0.3 is 5.97 Å². The van der Waals surface area contributed by atoms with Crippen molar-refractivity contribution in [2.45, 2.75) is 5.38 Å². The quantitative estimate of drug-likeness (QED) is 0.850. The zero-order chi connectivity index (χ0) is 12.1. The lowest BCUT2D eigenvalue weighted by Gasteiger charge is -2.18. The number of hydrogen-bond acceptors (Lipinski definition) is 2. The van der Waals surface area contributed by atoms with Gasteiger partial charge < -0.3 is 5.11 Å². The topological polar surface area (TPSA) is 40.5 Å². The second-order valence-corrected chi connectivity index (χ2v) is 5.05. The van der Waals surface area contributed by atoms with Crippen LogP contribution in [0.25, 0.3) is 0 Å². The summed E-state index contributed by atoms with van der Waals surface area (Å²) < 4.78 is 0.999. The highest BCUT2D eigenvalue weighted by molar-refractivity contribution is 9.10. The third-order valence-corrected chi connectivity index (χ3v) is 3.03. The molecule has 0 bridgehead atoms. The number of likely N-dealkylation sites (N-methyl/N-ethyl adjacent to an activating group) is 1. The van der Waals surface area contributed by atoms with Crippen molar-refractivity contribution >= 4 is 33.5 Å². The van der Waals surface area contributed by atoms with Gasteiger partial charge in [-0.3, -0.25) is 9.69 Å². The minimum absolute atomic E-state index is 0.000250. The van der Waals surface area contributed by atoms with Gasteiger partial charge in [-0.25, -0.2) is 0 Å². The lowest BCUT2D eigenvalue weighted by Crippen LogP contribution is -2.28. The predicted octanol–water partition coefficient (Wildman–Crippen LogP) is 2.75. The number of halogens is 2. The number of carbonyl (C=O) groups is 1. The van der Waals surface area contributed by atoms with Gasteiger partial charge in [0.05, 0.1) is 11.9 Å². The molecule has 0 spiro atoms. The van der Waals surface area contributed by atoms with Crippen LogP contribution in [0.15, 0.2) is 28.7 Å². The van der Waals surface area contributed by atoms with Crippen molar-refractivity contribution in [1.29, 1.82) is 0 Å². The van der Waals surface area contributed by atoms with Gasteiger partial charge in [-0.05, 0) is 24.7 Å². The zero-order valence-corrected chi connectivity index (χ0v) is 11.2. The lowest BCUT2D eigenvalue weighted by molar-refractivity contribution is -0.137. The molecule has 1 atom stereocenters. The van der Waals surface area contributed by atoms with Gasteiger partial charge in [0.2, 0.25) is 0 Å². The summed E-state index contributed by atoms with van der Waals surface area (Å²) in [5, 5.41) is 8.42. The van der Waals surface area contributed by atoms with Crippen LogP contribution in [0.2, 0.25) is 0 Å². The number of rotatable bonds is 5. The van der Waals surface area contributed by atoms with Gasteiger partial charge in [0, 0.05) is 11.0 Å². The van der Waals surface area contributed by atoms with Crippen molar-refractivity contribution in [3.63, 3.8) is 0 Å². The van der Waals surface area contributed by atoms with Crippen LogP contribution >= 0.6 is 27.5 Å². The van der Waals surface area contributed by atoms with Crippen molar-refractivity contribution in [3.8, 4) is 0 Å². The molecule has 0 aliphatic rings. The van der Waals surface area contributed by atoms with Crippen molar-refractivity contribution in [2.24, 2.45) is 0 Å². The Morgan fingerprint density at radius 2 is 2.06 bits per heavy atom. The van der Waals surface area contributed by atoms with E-state index in [-0.39, 0.29) is 11.9 Å². The molecule has 0 aromatic heterocycles. The van der Waals surface area contributed by atoms with E-state index in [0.29, 0.717) is 6.54 Å². The van der Waals surface area contributed by atoms with Crippen LogP contribution in [0.4, 0.5) is 0 Å². The number of nitrogens with zero attached hydrogens (tertiary/aromatic N) is 1. The predicted molar refractivity (Wildman–Crippen MR) is 67.9 cm³/mol. The number of alkyl halides is 1. The van der Waals surface area contributed by atoms with E-state index < -0.39 is 5.97 Å². The molecule has 0 saturated carbocycles. The molecule has 5 heteroatoms. The van der Waals surface area contributed by atoms with Crippen LogP contribution < -0.4 is 0 Å². The first-order chi connectivity index (χ1) is 7.49. The first kappa shape index (κ1) is 13.5. The smallest absolute Gasteiger partial charge is 0.317 e. The third kappa shape index (κ3) is 4.51. The Morgan fingerprint density at radius 1 is 1.50 bits per heavy atom. The van der Waals surface area contributed by atoms with Crippen LogP contribution in [-0.4, -0.2) is 36.1 Å².